The topological polar surface area (TPSA) is 70.1 Å². The molecule has 0 N–H and O–H groups in total. The van der Waals surface area contributed by atoms with Crippen molar-refractivity contribution in [3.8, 4) is 6.07 Å². The lowest BCUT2D eigenvalue weighted by Gasteiger charge is -2.47. The summed E-state index contributed by atoms with van der Waals surface area (Å²) in [5.74, 6) is 0. The molecule has 1 saturated heterocycles. The van der Waals surface area contributed by atoms with Crippen LogP contribution in [0.15, 0.2) is 41.3 Å². The molecule has 180 valence electrons. The zero-order valence-electron chi connectivity index (χ0n) is 19.5. The van der Waals surface area contributed by atoms with E-state index in [2.05, 4.69) is 21.0 Å². The van der Waals surface area contributed by atoms with Crippen molar-refractivity contribution in [1.29, 1.82) is 5.26 Å². The third-order valence-electron chi connectivity index (χ3n) is 6.71. The Labute approximate surface area is 195 Å². The van der Waals surface area contributed by atoms with Gasteiger partial charge in [0.05, 0.1) is 29.0 Å². The predicted octanol–water partition coefficient (Wildman–Crippen LogP) is 3.94. The minimum absolute atomic E-state index is 0.0131. The first-order chi connectivity index (χ1) is 16.0. The van der Waals surface area contributed by atoms with Crippen molar-refractivity contribution in [2.75, 3.05) is 18.0 Å². The number of pyridine rings is 1. The van der Waals surface area contributed by atoms with Crippen LogP contribution in [0.5, 0.6) is 0 Å². The van der Waals surface area contributed by atoms with E-state index in [0.29, 0.717) is 35.4 Å². The van der Waals surface area contributed by atoms with Gasteiger partial charge in [0, 0.05) is 44.3 Å². The Morgan fingerprint density at radius 1 is 1.21 bits per heavy atom. The van der Waals surface area contributed by atoms with E-state index in [9.17, 15) is 18.0 Å². The minimum atomic E-state index is -4.38. The molecule has 1 aromatic carbocycles. The Kier molecular flexibility index (Phi) is 6.16. The van der Waals surface area contributed by atoms with Crippen LogP contribution in [0.25, 0.3) is 11.0 Å². The lowest BCUT2D eigenvalue weighted by Crippen LogP contribution is -2.57. The number of benzene rings is 1. The number of fused-ring (bicyclic) bond motifs is 1. The average molecular weight is 473 g/mol. The van der Waals surface area contributed by atoms with E-state index in [-0.39, 0.29) is 30.2 Å². The van der Waals surface area contributed by atoms with Crippen LogP contribution in [0.3, 0.4) is 0 Å². The quantitative estimate of drug-likeness (QED) is 0.575. The first kappa shape index (κ1) is 23.8. The van der Waals surface area contributed by atoms with Crippen LogP contribution in [-0.2, 0) is 19.8 Å². The standard InChI is InChI=1S/C24H27F3N6O/c1-15-13-33(20-11-22(34)30(4)21-14-31(9-8-28)29-23(20)21)16(2)12-32(15)17(3)18-6-5-7-19(10-18)24(25,26)27/h5-7,10-11,14-17H,9,12-13H2,1-4H3/t15-,16+,17?/m1/s1. The molecule has 3 atom stereocenters. The molecule has 2 aromatic heterocycles. The molecule has 7 nitrogen and oxygen atoms in total. The predicted molar refractivity (Wildman–Crippen MR) is 123 cm³/mol. The summed E-state index contributed by atoms with van der Waals surface area (Å²) in [5.41, 5.74) is 1.81. The van der Waals surface area contributed by atoms with Crippen molar-refractivity contribution in [3.05, 3.63) is 58.0 Å². The first-order valence-electron chi connectivity index (χ1n) is 11.1. The highest BCUT2D eigenvalue weighted by atomic mass is 19.4. The third-order valence-corrected chi connectivity index (χ3v) is 6.71. The molecular weight excluding hydrogens is 445 g/mol. The van der Waals surface area contributed by atoms with Gasteiger partial charge < -0.3 is 9.47 Å². The maximum Gasteiger partial charge on any atom is 0.416 e. The molecule has 34 heavy (non-hydrogen) atoms. The second-order valence-electron chi connectivity index (χ2n) is 8.99. The van der Waals surface area contributed by atoms with Gasteiger partial charge in [0.25, 0.3) is 5.56 Å². The Morgan fingerprint density at radius 3 is 2.62 bits per heavy atom. The summed E-state index contributed by atoms with van der Waals surface area (Å²) in [4.78, 5) is 17.0. The summed E-state index contributed by atoms with van der Waals surface area (Å²) in [6, 6.07) is 8.92. The summed E-state index contributed by atoms with van der Waals surface area (Å²) in [6.45, 7) is 7.26. The molecule has 3 heterocycles. The molecule has 1 unspecified atom stereocenters. The van der Waals surface area contributed by atoms with Crippen molar-refractivity contribution in [2.24, 2.45) is 7.05 Å². The molecule has 4 rings (SSSR count). The number of rotatable bonds is 4. The molecule has 0 saturated carbocycles. The summed E-state index contributed by atoms with van der Waals surface area (Å²) >= 11 is 0. The summed E-state index contributed by atoms with van der Waals surface area (Å²) in [6.07, 6.45) is -2.68. The Balaban J connectivity index is 1.64. The number of piperazine rings is 1. The van der Waals surface area contributed by atoms with Crippen LogP contribution < -0.4 is 10.5 Å². The Morgan fingerprint density at radius 2 is 1.94 bits per heavy atom. The molecule has 0 spiro atoms. The number of aromatic nitrogens is 3. The minimum Gasteiger partial charge on any atom is -0.364 e. The summed E-state index contributed by atoms with van der Waals surface area (Å²) in [5, 5.41) is 13.6. The maximum absolute atomic E-state index is 13.2. The van der Waals surface area contributed by atoms with E-state index in [1.807, 2.05) is 20.8 Å². The molecular formula is C24H27F3N6O. The van der Waals surface area contributed by atoms with Gasteiger partial charge in [0.2, 0.25) is 0 Å². The van der Waals surface area contributed by atoms with Crippen LogP contribution >= 0.6 is 0 Å². The molecule has 3 aromatic rings. The molecule has 10 heteroatoms. The fraction of sp³-hybridized carbons (Fsp3) is 0.458. The van der Waals surface area contributed by atoms with Crippen LogP contribution in [-0.4, -0.2) is 44.4 Å². The summed E-state index contributed by atoms with van der Waals surface area (Å²) < 4.78 is 42.7. The van der Waals surface area contributed by atoms with E-state index in [1.165, 1.54) is 21.4 Å². The molecule has 0 bridgehead atoms. The smallest absolute Gasteiger partial charge is 0.364 e. The normalized spacial score (nSPS) is 20.5. The van der Waals surface area contributed by atoms with Crippen molar-refractivity contribution in [2.45, 2.75) is 51.6 Å². The highest BCUT2D eigenvalue weighted by molar-refractivity contribution is 5.88. The molecule has 0 radical (unpaired) electrons. The third kappa shape index (κ3) is 4.28. The van der Waals surface area contributed by atoms with Gasteiger partial charge in [0.15, 0.2) is 0 Å². The number of aryl methyl sites for hydroxylation is 1. The fourth-order valence-corrected chi connectivity index (χ4v) is 4.81. The van der Waals surface area contributed by atoms with Crippen molar-refractivity contribution in [1.82, 2.24) is 19.2 Å². The number of alkyl halides is 3. The fourth-order valence-electron chi connectivity index (χ4n) is 4.81. The highest BCUT2D eigenvalue weighted by Crippen LogP contribution is 2.35. The molecule has 1 fully saturated rings. The maximum atomic E-state index is 13.2. The van der Waals surface area contributed by atoms with Crippen molar-refractivity contribution in [3.63, 3.8) is 0 Å². The number of hydrogen-bond donors (Lipinski definition) is 0. The average Bonchev–Trinajstić information content (AvgIpc) is 3.21. The largest absolute Gasteiger partial charge is 0.416 e. The van der Waals surface area contributed by atoms with Gasteiger partial charge in [-0.05, 0) is 38.5 Å². The second kappa shape index (κ2) is 8.80. The van der Waals surface area contributed by atoms with Crippen LogP contribution in [0.4, 0.5) is 18.9 Å². The van der Waals surface area contributed by atoms with E-state index in [0.717, 1.165) is 6.07 Å². The SMILES string of the molecule is CC(c1cccc(C(F)(F)F)c1)N1C[C@H](C)N(c2cc(=O)n(C)c3cn(CC#N)nc23)C[C@H]1C. The van der Waals surface area contributed by atoms with E-state index < -0.39 is 11.7 Å². The molecule has 0 aliphatic carbocycles. The van der Waals surface area contributed by atoms with Crippen LogP contribution in [0.2, 0.25) is 0 Å². The second-order valence-corrected chi connectivity index (χ2v) is 8.99. The number of halogens is 3. The Hall–Kier alpha value is -3.32. The van der Waals surface area contributed by atoms with Gasteiger partial charge in [-0.1, -0.05) is 12.1 Å². The van der Waals surface area contributed by atoms with Gasteiger partial charge in [-0.3, -0.25) is 14.4 Å². The Bertz CT molecular complexity index is 1300. The van der Waals surface area contributed by atoms with Gasteiger partial charge in [-0.15, -0.1) is 0 Å². The van der Waals surface area contributed by atoms with Crippen molar-refractivity contribution >= 4 is 16.7 Å². The van der Waals surface area contributed by atoms with Crippen LogP contribution in [0.1, 0.15) is 37.9 Å². The lowest BCUT2D eigenvalue weighted by molar-refractivity contribution is -0.137. The number of anilines is 1. The van der Waals surface area contributed by atoms with Crippen molar-refractivity contribution < 1.29 is 13.2 Å². The van der Waals surface area contributed by atoms with Gasteiger partial charge in [-0.2, -0.15) is 23.5 Å². The monoisotopic (exact) mass is 472 g/mol. The zero-order valence-corrected chi connectivity index (χ0v) is 19.5. The zero-order chi connectivity index (χ0) is 24.8. The van der Waals surface area contributed by atoms with Gasteiger partial charge in [0.1, 0.15) is 12.1 Å². The number of hydrogen-bond acceptors (Lipinski definition) is 5. The summed E-state index contributed by atoms with van der Waals surface area (Å²) in [7, 11) is 1.67. The lowest BCUT2D eigenvalue weighted by atomic mass is 9.99. The first-order valence-corrected chi connectivity index (χ1v) is 11.1. The highest BCUT2D eigenvalue weighted by Gasteiger charge is 2.35. The molecule has 1 aliphatic rings. The van der Waals surface area contributed by atoms with E-state index in [4.69, 9.17) is 5.26 Å². The van der Waals surface area contributed by atoms with E-state index in [1.54, 1.807) is 25.4 Å². The molecule has 1 aliphatic heterocycles. The van der Waals surface area contributed by atoms with Crippen LogP contribution in [0, 0.1) is 11.3 Å². The number of nitriles is 1. The van der Waals surface area contributed by atoms with Gasteiger partial charge >= 0.3 is 6.18 Å². The van der Waals surface area contributed by atoms with Gasteiger partial charge in [-0.25, -0.2) is 0 Å². The molecule has 0 amide bonds. The number of nitrogens with zero attached hydrogens (tertiary/aromatic N) is 6. The van der Waals surface area contributed by atoms with E-state index >= 15 is 0 Å².